The van der Waals surface area contributed by atoms with Gasteiger partial charge in [-0.25, -0.2) is 4.79 Å². The molecular weight excluding hydrogens is 292 g/mol. The first kappa shape index (κ1) is 21.3. The van der Waals surface area contributed by atoms with Crippen molar-refractivity contribution in [2.75, 3.05) is 33.7 Å². The molecule has 0 saturated carbocycles. The molecule has 0 spiro atoms. The van der Waals surface area contributed by atoms with Crippen molar-refractivity contribution in [2.24, 2.45) is 4.99 Å². The van der Waals surface area contributed by atoms with Gasteiger partial charge in [-0.2, -0.15) is 0 Å². The zero-order valence-corrected chi connectivity index (χ0v) is 15.4. The van der Waals surface area contributed by atoms with E-state index < -0.39 is 11.7 Å². The minimum Gasteiger partial charge on any atom is -0.444 e. The molecule has 0 radical (unpaired) electrons. The Morgan fingerprint density at radius 2 is 1.87 bits per heavy atom. The van der Waals surface area contributed by atoms with Gasteiger partial charge in [0, 0.05) is 33.7 Å². The predicted octanol–water partition coefficient (Wildman–Crippen LogP) is 2.76. The van der Waals surface area contributed by atoms with Crippen LogP contribution in [0.25, 0.3) is 0 Å². The minimum absolute atomic E-state index is 0.398. The molecule has 6 heteroatoms. The zero-order chi connectivity index (χ0) is 17.7. The fourth-order valence-corrected chi connectivity index (χ4v) is 1.96. The predicted molar refractivity (Wildman–Crippen MR) is 96.9 cm³/mol. The Kier molecular flexibility index (Phi) is 10.9. The molecule has 134 valence electrons. The Bertz CT molecular complexity index is 375. The summed E-state index contributed by atoms with van der Waals surface area (Å²) in [6.45, 7) is 11.3. The third-order valence-corrected chi connectivity index (χ3v) is 3.05. The number of ether oxygens (including phenoxy) is 1. The molecular formula is C17H34N4O2. The molecule has 0 heterocycles. The average molecular weight is 326 g/mol. The molecule has 0 aliphatic rings. The van der Waals surface area contributed by atoms with E-state index >= 15 is 0 Å². The highest BCUT2D eigenvalue weighted by molar-refractivity contribution is 5.79. The number of amides is 1. The fraction of sp³-hybridized carbons (Fsp3) is 0.765. The number of aliphatic imine (C=N–C) groups is 1. The van der Waals surface area contributed by atoms with Crippen molar-refractivity contribution in [3.63, 3.8) is 0 Å². The van der Waals surface area contributed by atoms with Gasteiger partial charge < -0.3 is 20.3 Å². The van der Waals surface area contributed by atoms with Gasteiger partial charge in [0.05, 0.1) is 0 Å². The van der Waals surface area contributed by atoms with Crippen LogP contribution in [0.3, 0.4) is 0 Å². The maximum absolute atomic E-state index is 11.5. The second-order valence-corrected chi connectivity index (χ2v) is 6.46. The van der Waals surface area contributed by atoms with Gasteiger partial charge >= 0.3 is 6.09 Å². The van der Waals surface area contributed by atoms with Gasteiger partial charge in [-0.15, -0.1) is 6.58 Å². The maximum atomic E-state index is 11.5. The molecule has 2 N–H and O–H groups in total. The first-order valence-electron chi connectivity index (χ1n) is 8.29. The Hall–Kier alpha value is -1.72. The first-order chi connectivity index (χ1) is 10.8. The summed E-state index contributed by atoms with van der Waals surface area (Å²) in [5.41, 5.74) is -0.473. The number of carbonyl (C=O) groups is 1. The quantitative estimate of drug-likeness (QED) is 0.296. The van der Waals surface area contributed by atoms with Gasteiger partial charge in [-0.3, -0.25) is 4.99 Å². The summed E-state index contributed by atoms with van der Waals surface area (Å²) >= 11 is 0. The second-order valence-electron chi connectivity index (χ2n) is 6.46. The van der Waals surface area contributed by atoms with E-state index in [1.54, 1.807) is 7.05 Å². The monoisotopic (exact) mass is 326 g/mol. The lowest BCUT2D eigenvalue weighted by Gasteiger charge is -2.22. The van der Waals surface area contributed by atoms with Crippen molar-refractivity contribution in [2.45, 2.75) is 52.1 Å². The third kappa shape index (κ3) is 12.5. The van der Waals surface area contributed by atoms with Crippen LogP contribution in [0.15, 0.2) is 17.6 Å². The standard InChI is InChI=1S/C17H34N4O2/c1-7-8-9-10-11-14-21(6)15(18-5)19-12-13-20-16(22)23-17(2,3)4/h7H,1,8-14H2,2-6H3,(H,18,19)(H,20,22). The van der Waals surface area contributed by atoms with Gasteiger partial charge in [0.1, 0.15) is 5.60 Å². The number of rotatable bonds is 9. The topological polar surface area (TPSA) is 66.0 Å². The van der Waals surface area contributed by atoms with Crippen LogP contribution < -0.4 is 10.6 Å². The number of nitrogens with one attached hydrogen (secondary N) is 2. The van der Waals surface area contributed by atoms with Crippen LogP contribution in [0.2, 0.25) is 0 Å². The molecule has 0 aromatic carbocycles. The van der Waals surface area contributed by atoms with E-state index in [1.807, 2.05) is 33.9 Å². The highest BCUT2D eigenvalue weighted by atomic mass is 16.6. The number of carbonyl (C=O) groups excluding carboxylic acids is 1. The maximum Gasteiger partial charge on any atom is 0.407 e. The molecule has 0 bridgehead atoms. The molecule has 0 aromatic heterocycles. The van der Waals surface area contributed by atoms with Crippen molar-refractivity contribution >= 4 is 12.1 Å². The van der Waals surface area contributed by atoms with E-state index in [2.05, 4.69) is 27.1 Å². The molecule has 0 fully saturated rings. The molecule has 0 rings (SSSR count). The highest BCUT2D eigenvalue weighted by Crippen LogP contribution is 2.06. The molecule has 1 amide bonds. The Balaban J connectivity index is 3.88. The number of unbranched alkanes of at least 4 members (excludes halogenated alkanes) is 3. The minimum atomic E-state index is -0.473. The molecule has 0 atom stereocenters. The van der Waals surface area contributed by atoms with Crippen LogP contribution in [0.5, 0.6) is 0 Å². The summed E-state index contributed by atoms with van der Waals surface area (Å²) in [7, 11) is 3.78. The second kappa shape index (κ2) is 11.8. The summed E-state index contributed by atoms with van der Waals surface area (Å²) < 4.78 is 5.18. The zero-order valence-electron chi connectivity index (χ0n) is 15.4. The Morgan fingerprint density at radius 1 is 1.22 bits per heavy atom. The van der Waals surface area contributed by atoms with Crippen molar-refractivity contribution in [3.05, 3.63) is 12.7 Å². The largest absolute Gasteiger partial charge is 0.444 e. The summed E-state index contributed by atoms with van der Waals surface area (Å²) in [5.74, 6) is 0.833. The summed E-state index contributed by atoms with van der Waals surface area (Å²) in [4.78, 5) is 17.9. The van der Waals surface area contributed by atoms with Crippen LogP contribution in [-0.4, -0.2) is 56.3 Å². The van der Waals surface area contributed by atoms with Gasteiger partial charge in [-0.1, -0.05) is 12.5 Å². The first-order valence-corrected chi connectivity index (χ1v) is 8.29. The Labute approximate surface area is 141 Å². The number of allylic oxidation sites excluding steroid dienone is 1. The summed E-state index contributed by atoms with van der Waals surface area (Å²) in [5, 5.41) is 5.95. The van der Waals surface area contributed by atoms with E-state index in [0.717, 1.165) is 25.3 Å². The van der Waals surface area contributed by atoms with Crippen molar-refractivity contribution < 1.29 is 9.53 Å². The van der Waals surface area contributed by atoms with E-state index in [0.29, 0.717) is 13.1 Å². The van der Waals surface area contributed by atoms with Crippen LogP contribution in [0.4, 0.5) is 4.79 Å². The van der Waals surface area contributed by atoms with E-state index in [4.69, 9.17) is 4.74 Å². The molecule has 0 aliphatic carbocycles. The molecule has 0 aliphatic heterocycles. The van der Waals surface area contributed by atoms with Crippen LogP contribution in [0, 0.1) is 0 Å². The van der Waals surface area contributed by atoms with Crippen LogP contribution in [-0.2, 0) is 4.74 Å². The number of nitrogens with zero attached hydrogens (tertiary/aromatic N) is 2. The number of hydrogen-bond acceptors (Lipinski definition) is 3. The molecule has 0 aromatic rings. The molecule has 6 nitrogen and oxygen atoms in total. The smallest absolute Gasteiger partial charge is 0.407 e. The highest BCUT2D eigenvalue weighted by Gasteiger charge is 2.15. The van der Waals surface area contributed by atoms with Crippen molar-refractivity contribution in [1.29, 1.82) is 0 Å². The molecule has 0 unspecified atom stereocenters. The number of guanidine groups is 1. The van der Waals surface area contributed by atoms with Gasteiger partial charge in [-0.05, 0) is 40.0 Å². The van der Waals surface area contributed by atoms with Gasteiger partial charge in [0.2, 0.25) is 0 Å². The summed E-state index contributed by atoms with van der Waals surface area (Å²) in [6, 6.07) is 0. The lowest BCUT2D eigenvalue weighted by atomic mass is 10.2. The lowest BCUT2D eigenvalue weighted by molar-refractivity contribution is 0.0529. The fourth-order valence-electron chi connectivity index (χ4n) is 1.96. The third-order valence-electron chi connectivity index (χ3n) is 3.05. The van der Waals surface area contributed by atoms with E-state index in [1.165, 1.54) is 12.8 Å². The van der Waals surface area contributed by atoms with Gasteiger partial charge in [0.15, 0.2) is 5.96 Å². The number of hydrogen-bond donors (Lipinski definition) is 2. The lowest BCUT2D eigenvalue weighted by Crippen LogP contribution is -2.43. The molecule has 0 saturated heterocycles. The van der Waals surface area contributed by atoms with Crippen LogP contribution in [0.1, 0.15) is 46.5 Å². The van der Waals surface area contributed by atoms with Crippen molar-refractivity contribution in [1.82, 2.24) is 15.5 Å². The normalized spacial score (nSPS) is 11.8. The summed E-state index contributed by atoms with van der Waals surface area (Å²) in [6.07, 6.45) is 6.14. The number of alkyl carbamates (subject to hydrolysis) is 1. The van der Waals surface area contributed by atoms with Crippen molar-refractivity contribution in [3.8, 4) is 0 Å². The van der Waals surface area contributed by atoms with Gasteiger partial charge in [0.25, 0.3) is 0 Å². The average Bonchev–Trinajstić information content (AvgIpc) is 2.45. The van der Waals surface area contributed by atoms with E-state index in [9.17, 15) is 4.79 Å². The van der Waals surface area contributed by atoms with Crippen LogP contribution >= 0.6 is 0 Å². The Morgan fingerprint density at radius 3 is 2.43 bits per heavy atom. The SMILES string of the molecule is C=CCCCCCN(C)C(=NC)NCCNC(=O)OC(C)(C)C. The van der Waals surface area contributed by atoms with E-state index in [-0.39, 0.29) is 0 Å². The molecule has 23 heavy (non-hydrogen) atoms.